The van der Waals surface area contributed by atoms with Crippen molar-refractivity contribution in [2.24, 2.45) is 0 Å². The number of aliphatic hydroxyl groups is 1. The number of nitriles is 1. The number of rotatable bonds is 5. The Morgan fingerprint density at radius 1 is 1.08 bits per heavy atom. The van der Waals surface area contributed by atoms with Crippen molar-refractivity contribution < 1.29 is 29.2 Å². The molecule has 1 aliphatic rings. The Balaban J connectivity index is 1.91. The highest BCUT2D eigenvalue weighted by Gasteiger charge is 2.47. The SMILES string of the molecule is CC(=O)Oc1ccc(C2/C(=C(/O)c3cccc([N+](=O)[O-])c3)C(=O)C(=O)N2c2ccc(C#N)cc2)cc1. The van der Waals surface area contributed by atoms with Crippen LogP contribution in [0, 0.1) is 21.4 Å². The first-order valence-corrected chi connectivity index (χ1v) is 10.6. The lowest BCUT2D eigenvalue weighted by atomic mass is 9.95. The third-order valence-electron chi connectivity index (χ3n) is 5.51. The molecule has 1 unspecified atom stereocenters. The molecule has 36 heavy (non-hydrogen) atoms. The van der Waals surface area contributed by atoms with Crippen LogP contribution in [0.3, 0.4) is 0 Å². The van der Waals surface area contributed by atoms with Crippen molar-refractivity contribution >= 4 is 34.8 Å². The first kappa shape index (κ1) is 23.8. The Morgan fingerprint density at radius 2 is 1.75 bits per heavy atom. The standard InChI is InChI=1S/C26H17N3O7/c1-15(30)36-21-11-7-17(8-12-21)23-22(24(31)18-3-2-4-20(13-18)29(34)35)25(32)26(33)28(23)19-9-5-16(14-27)6-10-19/h2-13,23,31H,1H3/b24-22-. The summed E-state index contributed by atoms with van der Waals surface area (Å²) in [6.45, 7) is 1.24. The minimum atomic E-state index is -1.11. The number of anilines is 1. The molecule has 0 radical (unpaired) electrons. The number of amides is 1. The normalized spacial score (nSPS) is 16.4. The molecule has 0 aromatic heterocycles. The summed E-state index contributed by atoms with van der Waals surface area (Å²) in [6, 6.07) is 17.9. The summed E-state index contributed by atoms with van der Waals surface area (Å²) in [7, 11) is 0. The molecule has 4 rings (SSSR count). The predicted molar refractivity (Wildman–Crippen MR) is 127 cm³/mol. The zero-order valence-corrected chi connectivity index (χ0v) is 18.7. The summed E-state index contributed by atoms with van der Waals surface area (Å²) in [4.78, 5) is 49.4. The number of non-ortho nitro benzene ring substituents is 1. The van der Waals surface area contributed by atoms with Crippen LogP contribution in [-0.2, 0) is 14.4 Å². The zero-order chi connectivity index (χ0) is 26.0. The highest BCUT2D eigenvalue weighted by Crippen LogP contribution is 2.42. The number of esters is 1. The summed E-state index contributed by atoms with van der Waals surface area (Å²) in [6.07, 6.45) is 0. The van der Waals surface area contributed by atoms with Gasteiger partial charge in [0.2, 0.25) is 0 Å². The Morgan fingerprint density at radius 3 is 2.33 bits per heavy atom. The van der Waals surface area contributed by atoms with E-state index in [9.17, 15) is 29.6 Å². The number of carbonyl (C=O) groups excluding carboxylic acids is 3. The summed E-state index contributed by atoms with van der Waals surface area (Å²) in [5.41, 5.74) is 0.454. The number of hydrogen-bond donors (Lipinski definition) is 1. The van der Waals surface area contributed by atoms with Crippen LogP contribution >= 0.6 is 0 Å². The first-order valence-electron chi connectivity index (χ1n) is 10.6. The van der Waals surface area contributed by atoms with Gasteiger partial charge in [-0.15, -0.1) is 0 Å². The minimum Gasteiger partial charge on any atom is -0.507 e. The number of benzene rings is 3. The van der Waals surface area contributed by atoms with Gasteiger partial charge in [0.25, 0.3) is 17.4 Å². The third kappa shape index (κ3) is 4.41. The molecular formula is C26H17N3O7. The second kappa shape index (κ2) is 9.52. The van der Waals surface area contributed by atoms with Crippen molar-refractivity contribution in [1.82, 2.24) is 0 Å². The molecule has 1 N–H and O–H groups in total. The van der Waals surface area contributed by atoms with Gasteiger partial charge >= 0.3 is 5.97 Å². The fourth-order valence-corrected chi connectivity index (χ4v) is 3.92. The van der Waals surface area contributed by atoms with E-state index in [1.54, 1.807) is 0 Å². The maximum absolute atomic E-state index is 13.2. The molecule has 1 atom stereocenters. The summed E-state index contributed by atoms with van der Waals surface area (Å²) >= 11 is 0. The van der Waals surface area contributed by atoms with Crippen molar-refractivity contribution in [3.63, 3.8) is 0 Å². The van der Waals surface area contributed by atoms with Gasteiger partial charge in [-0.25, -0.2) is 0 Å². The van der Waals surface area contributed by atoms with Gasteiger partial charge in [0, 0.05) is 30.3 Å². The maximum Gasteiger partial charge on any atom is 0.308 e. The van der Waals surface area contributed by atoms with E-state index in [1.807, 2.05) is 6.07 Å². The molecule has 1 fully saturated rings. The molecule has 1 saturated heterocycles. The average Bonchev–Trinajstić information content (AvgIpc) is 3.14. The quantitative estimate of drug-likeness (QED) is 0.109. The summed E-state index contributed by atoms with van der Waals surface area (Å²) in [5, 5.41) is 31.4. The van der Waals surface area contributed by atoms with E-state index in [4.69, 9.17) is 10.00 Å². The van der Waals surface area contributed by atoms with Crippen LogP contribution in [0.2, 0.25) is 0 Å². The number of ketones is 1. The third-order valence-corrected chi connectivity index (χ3v) is 5.51. The molecule has 3 aromatic rings. The molecule has 0 bridgehead atoms. The van der Waals surface area contributed by atoms with E-state index < -0.39 is 34.4 Å². The van der Waals surface area contributed by atoms with E-state index >= 15 is 0 Å². The van der Waals surface area contributed by atoms with Gasteiger partial charge in [0.15, 0.2) is 0 Å². The van der Waals surface area contributed by atoms with Gasteiger partial charge in [-0.05, 0) is 42.0 Å². The molecule has 0 saturated carbocycles. The molecule has 1 aliphatic heterocycles. The fourth-order valence-electron chi connectivity index (χ4n) is 3.92. The summed E-state index contributed by atoms with van der Waals surface area (Å²) in [5.74, 6) is -2.79. The molecule has 178 valence electrons. The second-order valence-corrected chi connectivity index (χ2v) is 7.80. The number of nitrogens with zero attached hydrogens (tertiary/aromatic N) is 3. The predicted octanol–water partition coefficient (Wildman–Crippen LogP) is 4.02. The van der Waals surface area contributed by atoms with Crippen molar-refractivity contribution in [2.45, 2.75) is 13.0 Å². The van der Waals surface area contributed by atoms with Gasteiger partial charge in [-0.1, -0.05) is 24.3 Å². The number of nitro groups is 1. The fraction of sp³-hybridized carbons (Fsp3) is 0.0769. The van der Waals surface area contributed by atoms with E-state index in [1.165, 1.54) is 78.6 Å². The van der Waals surface area contributed by atoms with Crippen LogP contribution in [0.25, 0.3) is 5.76 Å². The molecule has 3 aromatic carbocycles. The Labute approximate surface area is 204 Å². The van der Waals surface area contributed by atoms with Crippen LogP contribution in [0.4, 0.5) is 11.4 Å². The van der Waals surface area contributed by atoms with Gasteiger partial charge < -0.3 is 9.84 Å². The van der Waals surface area contributed by atoms with Gasteiger partial charge in [0.05, 0.1) is 28.2 Å². The van der Waals surface area contributed by atoms with Gasteiger partial charge in [-0.3, -0.25) is 29.4 Å². The topological polar surface area (TPSA) is 151 Å². The van der Waals surface area contributed by atoms with E-state index in [0.29, 0.717) is 16.8 Å². The molecule has 0 spiro atoms. The Kier molecular flexibility index (Phi) is 6.30. The van der Waals surface area contributed by atoms with Crippen molar-refractivity contribution in [3.8, 4) is 11.8 Å². The average molecular weight is 483 g/mol. The second-order valence-electron chi connectivity index (χ2n) is 7.80. The summed E-state index contributed by atoms with van der Waals surface area (Å²) < 4.78 is 5.05. The van der Waals surface area contributed by atoms with Crippen LogP contribution in [0.5, 0.6) is 5.75 Å². The van der Waals surface area contributed by atoms with E-state index in [-0.39, 0.29) is 22.6 Å². The van der Waals surface area contributed by atoms with E-state index in [0.717, 1.165) is 6.07 Å². The monoisotopic (exact) mass is 483 g/mol. The van der Waals surface area contributed by atoms with Crippen molar-refractivity contribution in [1.29, 1.82) is 5.26 Å². The van der Waals surface area contributed by atoms with Crippen LogP contribution in [0.1, 0.15) is 29.7 Å². The largest absolute Gasteiger partial charge is 0.507 e. The molecule has 10 nitrogen and oxygen atoms in total. The number of Topliss-reactive ketones (excluding diaryl/α,β-unsaturated/α-hetero) is 1. The van der Waals surface area contributed by atoms with Gasteiger partial charge in [0.1, 0.15) is 11.5 Å². The molecule has 1 heterocycles. The number of ether oxygens (including phenoxy) is 1. The van der Waals surface area contributed by atoms with Crippen LogP contribution < -0.4 is 9.64 Å². The van der Waals surface area contributed by atoms with Crippen molar-refractivity contribution in [2.75, 3.05) is 4.90 Å². The highest BCUT2D eigenvalue weighted by molar-refractivity contribution is 6.51. The van der Waals surface area contributed by atoms with Crippen LogP contribution in [-0.4, -0.2) is 27.7 Å². The number of carbonyl (C=O) groups is 3. The molecular weight excluding hydrogens is 466 g/mol. The molecule has 0 aliphatic carbocycles. The Bertz CT molecular complexity index is 1470. The minimum absolute atomic E-state index is 0.0106. The maximum atomic E-state index is 13.2. The lowest BCUT2D eigenvalue weighted by molar-refractivity contribution is -0.384. The van der Waals surface area contributed by atoms with Crippen LogP contribution in [0.15, 0.2) is 78.4 Å². The van der Waals surface area contributed by atoms with E-state index in [2.05, 4.69) is 0 Å². The lowest BCUT2D eigenvalue weighted by Gasteiger charge is -2.25. The number of hydrogen-bond acceptors (Lipinski definition) is 8. The Hall–Kier alpha value is -5.30. The number of nitro benzene ring substituents is 1. The molecule has 1 amide bonds. The highest BCUT2D eigenvalue weighted by atomic mass is 16.6. The number of aliphatic hydroxyl groups excluding tert-OH is 1. The lowest BCUT2D eigenvalue weighted by Crippen LogP contribution is -2.29. The molecule has 10 heteroatoms. The first-order chi connectivity index (χ1) is 17.2. The smallest absolute Gasteiger partial charge is 0.308 e. The zero-order valence-electron chi connectivity index (χ0n) is 18.7. The van der Waals surface area contributed by atoms with Crippen molar-refractivity contribution in [3.05, 3.63) is 105 Å². The van der Waals surface area contributed by atoms with Gasteiger partial charge in [-0.2, -0.15) is 5.26 Å².